The van der Waals surface area contributed by atoms with Crippen molar-refractivity contribution in [3.05, 3.63) is 45.6 Å². The lowest BCUT2D eigenvalue weighted by atomic mass is 10.0. The van der Waals surface area contributed by atoms with Crippen molar-refractivity contribution in [2.24, 2.45) is 0 Å². The van der Waals surface area contributed by atoms with Crippen LogP contribution in [0, 0.1) is 6.92 Å². The molecule has 142 valence electrons. The first-order valence-electron chi connectivity index (χ1n) is 9.04. The second-order valence-corrected chi connectivity index (χ2v) is 7.57. The van der Waals surface area contributed by atoms with Crippen LogP contribution in [0.5, 0.6) is 11.5 Å². The number of nitrogens with zero attached hydrogens (tertiary/aromatic N) is 1. The SMILES string of the molecule is Cc1ccsc1C(=O)OCC(=O)N1CCCC1c1ccc2c(c1)OCCO2. The lowest BCUT2D eigenvalue weighted by molar-refractivity contribution is -0.135. The van der Waals surface area contributed by atoms with Crippen LogP contribution in [0.2, 0.25) is 0 Å². The molecule has 0 spiro atoms. The molecule has 1 saturated heterocycles. The third-order valence-corrected chi connectivity index (χ3v) is 5.89. The molecule has 0 radical (unpaired) electrons. The lowest BCUT2D eigenvalue weighted by Crippen LogP contribution is -2.34. The fraction of sp³-hybridized carbons (Fsp3) is 0.400. The maximum atomic E-state index is 12.7. The van der Waals surface area contributed by atoms with Crippen LogP contribution in [0.25, 0.3) is 0 Å². The summed E-state index contributed by atoms with van der Waals surface area (Å²) in [7, 11) is 0. The number of hydrogen-bond acceptors (Lipinski definition) is 6. The van der Waals surface area contributed by atoms with Gasteiger partial charge in [0.25, 0.3) is 5.91 Å². The summed E-state index contributed by atoms with van der Waals surface area (Å²) in [5.74, 6) is 0.847. The molecule has 1 amide bonds. The van der Waals surface area contributed by atoms with Crippen LogP contribution in [0.4, 0.5) is 0 Å². The van der Waals surface area contributed by atoms with Gasteiger partial charge >= 0.3 is 5.97 Å². The highest BCUT2D eigenvalue weighted by atomic mass is 32.1. The van der Waals surface area contributed by atoms with E-state index >= 15 is 0 Å². The highest BCUT2D eigenvalue weighted by Gasteiger charge is 2.31. The van der Waals surface area contributed by atoms with Gasteiger partial charge in [0.15, 0.2) is 18.1 Å². The molecule has 7 heteroatoms. The van der Waals surface area contributed by atoms with E-state index in [4.69, 9.17) is 14.2 Å². The predicted octanol–water partition coefficient (Wildman–Crippen LogP) is 3.35. The van der Waals surface area contributed by atoms with Crippen LogP contribution in [-0.4, -0.2) is 43.1 Å². The molecule has 2 aliphatic heterocycles. The van der Waals surface area contributed by atoms with E-state index in [0.717, 1.165) is 35.5 Å². The van der Waals surface area contributed by atoms with Crippen molar-refractivity contribution < 1.29 is 23.8 Å². The normalized spacial score (nSPS) is 18.4. The van der Waals surface area contributed by atoms with E-state index in [2.05, 4.69) is 0 Å². The maximum absolute atomic E-state index is 12.7. The summed E-state index contributed by atoms with van der Waals surface area (Å²) in [4.78, 5) is 27.2. The monoisotopic (exact) mass is 387 g/mol. The van der Waals surface area contributed by atoms with Crippen molar-refractivity contribution in [2.75, 3.05) is 26.4 Å². The van der Waals surface area contributed by atoms with E-state index in [-0.39, 0.29) is 18.6 Å². The molecular formula is C20H21NO5S. The van der Waals surface area contributed by atoms with E-state index in [0.29, 0.717) is 24.6 Å². The number of hydrogen-bond donors (Lipinski definition) is 0. The molecule has 1 unspecified atom stereocenters. The first-order valence-corrected chi connectivity index (χ1v) is 9.91. The number of rotatable bonds is 4. The minimum atomic E-state index is -0.439. The Morgan fingerprint density at radius 1 is 1.22 bits per heavy atom. The Kier molecular flexibility index (Phi) is 5.03. The highest BCUT2D eigenvalue weighted by molar-refractivity contribution is 7.12. The third kappa shape index (κ3) is 3.64. The number of fused-ring (bicyclic) bond motifs is 1. The molecule has 0 aliphatic carbocycles. The van der Waals surface area contributed by atoms with Crippen LogP contribution in [0.15, 0.2) is 29.6 Å². The van der Waals surface area contributed by atoms with Crippen molar-refractivity contribution >= 4 is 23.2 Å². The Morgan fingerprint density at radius 2 is 2.04 bits per heavy atom. The van der Waals surface area contributed by atoms with Gasteiger partial charge < -0.3 is 19.1 Å². The van der Waals surface area contributed by atoms with Gasteiger partial charge in [-0.1, -0.05) is 6.07 Å². The van der Waals surface area contributed by atoms with Crippen LogP contribution in [0.3, 0.4) is 0 Å². The van der Waals surface area contributed by atoms with E-state index in [1.54, 1.807) is 4.90 Å². The number of amides is 1. The largest absolute Gasteiger partial charge is 0.486 e. The Labute approximate surface area is 161 Å². The van der Waals surface area contributed by atoms with E-state index < -0.39 is 5.97 Å². The second-order valence-electron chi connectivity index (χ2n) is 6.66. The number of likely N-dealkylation sites (tertiary alicyclic amines) is 1. The fourth-order valence-electron chi connectivity index (χ4n) is 3.54. The molecule has 4 rings (SSSR count). The Balaban J connectivity index is 1.42. The quantitative estimate of drug-likeness (QED) is 0.753. The molecule has 0 N–H and O–H groups in total. The molecule has 6 nitrogen and oxygen atoms in total. The van der Waals surface area contributed by atoms with Gasteiger partial charge in [-0.2, -0.15) is 0 Å². The van der Waals surface area contributed by atoms with Crippen LogP contribution in [0.1, 0.15) is 39.7 Å². The molecular weight excluding hydrogens is 366 g/mol. The van der Waals surface area contributed by atoms with E-state index in [1.807, 2.05) is 36.6 Å². The van der Waals surface area contributed by atoms with Crippen molar-refractivity contribution in [1.82, 2.24) is 4.90 Å². The molecule has 1 fully saturated rings. The number of thiophene rings is 1. The predicted molar refractivity (Wildman–Crippen MR) is 100 cm³/mol. The third-order valence-electron chi connectivity index (χ3n) is 4.90. The lowest BCUT2D eigenvalue weighted by Gasteiger charge is -2.26. The standard InChI is InChI=1S/C20H21NO5S/c1-13-6-10-27-19(13)20(23)26-12-18(22)21-7-2-3-15(21)14-4-5-16-17(11-14)25-9-8-24-16/h4-6,10-11,15H,2-3,7-9,12H2,1H3. The van der Waals surface area contributed by atoms with Crippen molar-refractivity contribution in [3.63, 3.8) is 0 Å². The number of esters is 1. The van der Waals surface area contributed by atoms with Crippen LogP contribution in [-0.2, 0) is 9.53 Å². The number of carbonyl (C=O) groups is 2. The first kappa shape index (κ1) is 17.9. The summed E-state index contributed by atoms with van der Waals surface area (Å²) in [6, 6.07) is 7.65. The Bertz CT molecular complexity index is 862. The number of benzene rings is 1. The summed E-state index contributed by atoms with van der Waals surface area (Å²) in [6.07, 6.45) is 1.80. The Morgan fingerprint density at radius 3 is 2.81 bits per heavy atom. The molecule has 0 saturated carbocycles. The highest BCUT2D eigenvalue weighted by Crippen LogP contribution is 2.38. The van der Waals surface area contributed by atoms with Gasteiger partial charge in [0.05, 0.1) is 6.04 Å². The summed E-state index contributed by atoms with van der Waals surface area (Å²) < 4.78 is 16.5. The average Bonchev–Trinajstić information content (AvgIpc) is 3.34. The molecule has 1 aromatic carbocycles. The second kappa shape index (κ2) is 7.60. The minimum absolute atomic E-state index is 0.0319. The number of ether oxygens (including phenoxy) is 3. The van der Waals surface area contributed by atoms with Crippen molar-refractivity contribution in [3.8, 4) is 11.5 Å². The minimum Gasteiger partial charge on any atom is -0.486 e. The van der Waals surface area contributed by atoms with Gasteiger partial charge in [-0.25, -0.2) is 4.79 Å². The van der Waals surface area contributed by atoms with E-state index in [9.17, 15) is 9.59 Å². The fourth-order valence-corrected chi connectivity index (χ4v) is 4.35. The summed E-state index contributed by atoms with van der Waals surface area (Å²) >= 11 is 1.33. The zero-order valence-electron chi connectivity index (χ0n) is 15.1. The molecule has 1 aromatic heterocycles. The summed E-state index contributed by atoms with van der Waals surface area (Å²) in [6.45, 7) is 3.36. The molecule has 3 heterocycles. The van der Waals surface area contributed by atoms with Crippen LogP contribution >= 0.6 is 11.3 Å². The van der Waals surface area contributed by atoms with Gasteiger partial charge in [-0.3, -0.25) is 4.79 Å². The first-order chi connectivity index (χ1) is 13.1. The summed E-state index contributed by atoms with van der Waals surface area (Å²) in [5.41, 5.74) is 1.89. The maximum Gasteiger partial charge on any atom is 0.349 e. The average molecular weight is 387 g/mol. The Hall–Kier alpha value is -2.54. The molecule has 2 aromatic rings. The van der Waals surface area contributed by atoms with Gasteiger partial charge in [-0.15, -0.1) is 11.3 Å². The van der Waals surface area contributed by atoms with Crippen LogP contribution < -0.4 is 9.47 Å². The van der Waals surface area contributed by atoms with Crippen molar-refractivity contribution in [1.29, 1.82) is 0 Å². The zero-order chi connectivity index (χ0) is 18.8. The number of aryl methyl sites for hydroxylation is 1. The van der Waals surface area contributed by atoms with Gasteiger partial charge in [0.1, 0.15) is 18.1 Å². The molecule has 2 aliphatic rings. The molecule has 1 atom stereocenters. The zero-order valence-corrected chi connectivity index (χ0v) is 15.9. The smallest absolute Gasteiger partial charge is 0.349 e. The van der Waals surface area contributed by atoms with Crippen molar-refractivity contribution in [2.45, 2.75) is 25.8 Å². The topological polar surface area (TPSA) is 65.1 Å². The summed E-state index contributed by atoms with van der Waals surface area (Å²) in [5, 5.41) is 1.84. The molecule has 27 heavy (non-hydrogen) atoms. The van der Waals surface area contributed by atoms with Gasteiger partial charge in [-0.05, 0) is 54.5 Å². The van der Waals surface area contributed by atoms with Gasteiger partial charge in [0, 0.05) is 6.54 Å². The molecule has 0 bridgehead atoms. The van der Waals surface area contributed by atoms with E-state index in [1.165, 1.54) is 11.3 Å². The number of carbonyl (C=O) groups excluding carboxylic acids is 2. The van der Waals surface area contributed by atoms with Gasteiger partial charge in [0.2, 0.25) is 0 Å².